The van der Waals surface area contributed by atoms with Crippen LogP contribution in [0.2, 0.25) is 0 Å². The Morgan fingerprint density at radius 1 is 1.40 bits per heavy atom. The Bertz CT molecular complexity index is 314. The molecule has 0 fully saturated rings. The largest absolute Gasteiger partial charge is 0.310 e. The fourth-order valence-electron chi connectivity index (χ4n) is 1.55. The van der Waals surface area contributed by atoms with Crippen molar-refractivity contribution in [2.75, 3.05) is 6.54 Å². The summed E-state index contributed by atoms with van der Waals surface area (Å²) in [4.78, 5) is 0. The molecule has 0 aromatic heterocycles. The number of hydrogen-bond acceptors (Lipinski definition) is 1. The van der Waals surface area contributed by atoms with E-state index in [1.54, 1.807) is 0 Å². The summed E-state index contributed by atoms with van der Waals surface area (Å²) in [5.41, 5.74) is 1.14. The first kappa shape index (κ1) is 12.7. The van der Waals surface area contributed by atoms with E-state index in [4.69, 9.17) is 0 Å². The zero-order chi connectivity index (χ0) is 11.3. The van der Waals surface area contributed by atoms with E-state index in [-0.39, 0.29) is 5.82 Å². The van der Waals surface area contributed by atoms with Crippen LogP contribution in [-0.4, -0.2) is 6.54 Å². The Morgan fingerprint density at radius 2 is 2.13 bits per heavy atom. The van der Waals surface area contributed by atoms with Crippen LogP contribution in [0.15, 0.2) is 22.7 Å². The van der Waals surface area contributed by atoms with Crippen LogP contribution < -0.4 is 5.32 Å². The quantitative estimate of drug-likeness (QED) is 0.854. The van der Waals surface area contributed by atoms with Crippen molar-refractivity contribution in [2.24, 2.45) is 0 Å². The topological polar surface area (TPSA) is 12.0 Å². The molecule has 0 radical (unpaired) electrons. The van der Waals surface area contributed by atoms with Gasteiger partial charge in [-0.3, -0.25) is 0 Å². The molecule has 84 valence electrons. The van der Waals surface area contributed by atoms with Gasteiger partial charge >= 0.3 is 0 Å². The maximum absolute atomic E-state index is 13.1. The van der Waals surface area contributed by atoms with E-state index in [1.165, 1.54) is 6.07 Å². The van der Waals surface area contributed by atoms with E-state index >= 15 is 0 Å². The molecule has 0 saturated heterocycles. The molecular weight excluding hydrogens is 257 g/mol. The summed E-state index contributed by atoms with van der Waals surface area (Å²) >= 11 is 3.21. The van der Waals surface area contributed by atoms with E-state index in [0.29, 0.717) is 10.5 Å². The highest BCUT2D eigenvalue weighted by atomic mass is 79.9. The van der Waals surface area contributed by atoms with E-state index in [1.807, 2.05) is 12.1 Å². The van der Waals surface area contributed by atoms with Gasteiger partial charge in [-0.05, 0) is 53.0 Å². The molecule has 1 rings (SSSR count). The normalized spacial score (nSPS) is 12.8. The first-order valence-electron chi connectivity index (χ1n) is 5.37. The highest BCUT2D eigenvalue weighted by molar-refractivity contribution is 9.10. The minimum absolute atomic E-state index is 0.205. The second kappa shape index (κ2) is 6.23. The third-order valence-electron chi connectivity index (χ3n) is 2.40. The molecule has 1 aromatic carbocycles. The van der Waals surface area contributed by atoms with E-state index in [2.05, 4.69) is 35.1 Å². The highest BCUT2D eigenvalue weighted by Gasteiger charge is 2.09. The molecule has 1 unspecified atom stereocenters. The van der Waals surface area contributed by atoms with Crippen molar-refractivity contribution in [1.29, 1.82) is 0 Å². The summed E-state index contributed by atoms with van der Waals surface area (Å²) in [7, 11) is 0. The van der Waals surface area contributed by atoms with Gasteiger partial charge < -0.3 is 5.32 Å². The van der Waals surface area contributed by atoms with Crippen LogP contribution in [-0.2, 0) is 0 Å². The van der Waals surface area contributed by atoms with Gasteiger partial charge in [0.15, 0.2) is 0 Å². The smallest absolute Gasteiger partial charge is 0.137 e. The highest BCUT2D eigenvalue weighted by Crippen LogP contribution is 2.23. The fraction of sp³-hybridized carbons (Fsp3) is 0.500. The van der Waals surface area contributed by atoms with Crippen LogP contribution >= 0.6 is 15.9 Å². The van der Waals surface area contributed by atoms with Crippen molar-refractivity contribution < 1.29 is 4.39 Å². The predicted octanol–water partition coefficient (Wildman–Crippen LogP) is 4.04. The molecule has 0 amide bonds. The number of rotatable bonds is 5. The molecule has 0 bridgehead atoms. The minimum Gasteiger partial charge on any atom is -0.310 e. The van der Waals surface area contributed by atoms with Crippen molar-refractivity contribution in [2.45, 2.75) is 32.7 Å². The Hall–Kier alpha value is -0.410. The standard InChI is InChI=1S/C12H17BrFN/c1-3-7-15-12(4-2)9-5-6-11(14)10(13)8-9/h5-6,8,12,15H,3-4,7H2,1-2H3. The zero-order valence-electron chi connectivity index (χ0n) is 9.19. The lowest BCUT2D eigenvalue weighted by Gasteiger charge is -2.17. The van der Waals surface area contributed by atoms with Gasteiger partial charge in [-0.2, -0.15) is 0 Å². The Kier molecular flexibility index (Phi) is 5.26. The third kappa shape index (κ3) is 3.58. The zero-order valence-corrected chi connectivity index (χ0v) is 10.8. The summed E-state index contributed by atoms with van der Waals surface area (Å²) in [5, 5.41) is 3.44. The molecule has 0 aliphatic heterocycles. The first-order chi connectivity index (χ1) is 7.19. The van der Waals surface area contributed by atoms with Gasteiger partial charge in [-0.25, -0.2) is 4.39 Å². The molecule has 1 nitrogen and oxygen atoms in total. The predicted molar refractivity (Wildman–Crippen MR) is 65.4 cm³/mol. The van der Waals surface area contributed by atoms with Crippen molar-refractivity contribution in [3.63, 3.8) is 0 Å². The third-order valence-corrected chi connectivity index (χ3v) is 3.00. The Labute approximate surface area is 99.2 Å². The number of hydrogen-bond donors (Lipinski definition) is 1. The first-order valence-corrected chi connectivity index (χ1v) is 6.16. The molecule has 1 aromatic rings. The van der Waals surface area contributed by atoms with Crippen molar-refractivity contribution in [3.8, 4) is 0 Å². The maximum Gasteiger partial charge on any atom is 0.137 e. The second-order valence-corrected chi connectivity index (χ2v) is 4.44. The lowest BCUT2D eigenvalue weighted by atomic mass is 10.0. The van der Waals surface area contributed by atoms with Crippen molar-refractivity contribution in [3.05, 3.63) is 34.1 Å². The van der Waals surface area contributed by atoms with Gasteiger partial charge in [0.25, 0.3) is 0 Å². The van der Waals surface area contributed by atoms with Gasteiger partial charge in [-0.15, -0.1) is 0 Å². The molecule has 0 saturated carbocycles. The summed E-state index contributed by atoms with van der Waals surface area (Å²) in [5.74, 6) is -0.205. The van der Waals surface area contributed by atoms with E-state index < -0.39 is 0 Å². The van der Waals surface area contributed by atoms with Crippen LogP contribution in [0.3, 0.4) is 0 Å². The molecule has 0 spiro atoms. The maximum atomic E-state index is 13.1. The SMILES string of the molecule is CCCNC(CC)c1ccc(F)c(Br)c1. The molecule has 0 aliphatic carbocycles. The van der Waals surface area contributed by atoms with Gasteiger partial charge in [0.1, 0.15) is 5.82 Å². The van der Waals surface area contributed by atoms with Crippen LogP contribution in [0.1, 0.15) is 38.3 Å². The van der Waals surface area contributed by atoms with E-state index in [0.717, 1.165) is 24.9 Å². The van der Waals surface area contributed by atoms with Gasteiger partial charge in [-0.1, -0.05) is 19.9 Å². The van der Waals surface area contributed by atoms with Crippen LogP contribution in [0, 0.1) is 5.82 Å². The van der Waals surface area contributed by atoms with Gasteiger partial charge in [0.05, 0.1) is 4.47 Å². The van der Waals surface area contributed by atoms with Gasteiger partial charge in [0, 0.05) is 6.04 Å². The summed E-state index contributed by atoms with van der Waals surface area (Å²) in [6.07, 6.45) is 2.12. The van der Waals surface area contributed by atoms with Gasteiger partial charge in [0.2, 0.25) is 0 Å². The average Bonchev–Trinajstić information content (AvgIpc) is 2.24. The summed E-state index contributed by atoms with van der Waals surface area (Å²) < 4.78 is 13.6. The van der Waals surface area contributed by atoms with Crippen LogP contribution in [0.5, 0.6) is 0 Å². The second-order valence-electron chi connectivity index (χ2n) is 3.59. The Morgan fingerprint density at radius 3 is 2.67 bits per heavy atom. The van der Waals surface area contributed by atoms with Crippen molar-refractivity contribution >= 4 is 15.9 Å². The molecule has 0 heterocycles. The monoisotopic (exact) mass is 273 g/mol. The molecule has 0 aliphatic rings. The molecule has 15 heavy (non-hydrogen) atoms. The summed E-state index contributed by atoms with van der Waals surface area (Å²) in [6, 6.07) is 5.53. The lowest BCUT2D eigenvalue weighted by Crippen LogP contribution is -2.21. The lowest BCUT2D eigenvalue weighted by molar-refractivity contribution is 0.516. The fourth-order valence-corrected chi connectivity index (χ4v) is 1.94. The molecule has 1 atom stereocenters. The Balaban J connectivity index is 2.78. The average molecular weight is 274 g/mol. The number of halogens is 2. The number of benzene rings is 1. The van der Waals surface area contributed by atoms with E-state index in [9.17, 15) is 4.39 Å². The van der Waals surface area contributed by atoms with Crippen LogP contribution in [0.4, 0.5) is 4.39 Å². The molecular formula is C12H17BrFN. The molecule has 3 heteroatoms. The minimum atomic E-state index is -0.205. The van der Waals surface area contributed by atoms with Crippen molar-refractivity contribution in [1.82, 2.24) is 5.32 Å². The summed E-state index contributed by atoms with van der Waals surface area (Å²) in [6.45, 7) is 5.26. The number of nitrogens with one attached hydrogen (secondary N) is 1. The molecule has 1 N–H and O–H groups in total. The van der Waals surface area contributed by atoms with Crippen LogP contribution in [0.25, 0.3) is 0 Å².